The topological polar surface area (TPSA) is 53.2 Å². The summed E-state index contributed by atoms with van der Waals surface area (Å²) in [6.07, 6.45) is -1.07. The smallest absolute Gasteiger partial charge is 0.233 e. The third-order valence-corrected chi connectivity index (χ3v) is 6.35. The fourth-order valence-electron chi connectivity index (χ4n) is 3.06. The van der Waals surface area contributed by atoms with Crippen molar-refractivity contribution in [3.05, 3.63) is 99.6 Å². The Labute approximate surface area is 221 Å². The summed E-state index contributed by atoms with van der Waals surface area (Å²) >= 11 is 26.1. The molecule has 0 heterocycles. The molecule has 9 heteroatoms. The summed E-state index contributed by atoms with van der Waals surface area (Å²) in [5.74, 6) is -0.922. The zero-order valence-corrected chi connectivity index (χ0v) is 21.8. The Kier molecular flexibility index (Phi) is 9.02. The number of hydrogen-bond donors (Lipinski definition) is 3. The molecule has 166 valence electrons. The molecule has 0 aliphatic heterocycles. The molecule has 3 rings (SSSR count). The zero-order valence-electron chi connectivity index (χ0n) is 16.6. The fraction of sp³-hybridized carbons (Fsp3) is 0.130. The van der Waals surface area contributed by atoms with E-state index in [-0.39, 0.29) is 11.0 Å². The molecular formula is C23H19Cl3IN3OS. The van der Waals surface area contributed by atoms with Gasteiger partial charge in [0.25, 0.3) is 0 Å². The molecule has 0 fully saturated rings. The second-order valence-corrected chi connectivity index (χ2v) is 10.8. The highest BCUT2D eigenvalue weighted by Gasteiger charge is 2.36. The molecule has 3 N–H and O–H groups in total. The van der Waals surface area contributed by atoms with Gasteiger partial charge in [-0.05, 0) is 58.1 Å². The predicted molar refractivity (Wildman–Crippen MR) is 145 cm³/mol. The van der Waals surface area contributed by atoms with Gasteiger partial charge in [0.15, 0.2) is 5.11 Å². The van der Waals surface area contributed by atoms with Crippen molar-refractivity contribution in [2.75, 3.05) is 5.32 Å². The summed E-state index contributed by atoms with van der Waals surface area (Å²) in [6, 6.07) is 26.5. The first-order chi connectivity index (χ1) is 15.3. The van der Waals surface area contributed by atoms with Gasteiger partial charge in [0.2, 0.25) is 9.70 Å². The Morgan fingerprint density at radius 3 is 1.81 bits per heavy atom. The lowest BCUT2D eigenvalue weighted by Crippen LogP contribution is -2.57. The Morgan fingerprint density at radius 2 is 1.31 bits per heavy atom. The van der Waals surface area contributed by atoms with Gasteiger partial charge in [-0.1, -0.05) is 108 Å². The molecule has 0 aliphatic carbocycles. The Balaban J connectivity index is 1.81. The first-order valence-corrected chi connectivity index (χ1v) is 12.2. The van der Waals surface area contributed by atoms with Crippen molar-refractivity contribution < 1.29 is 4.79 Å². The number of rotatable bonds is 6. The Morgan fingerprint density at radius 1 is 0.812 bits per heavy atom. The van der Waals surface area contributed by atoms with Crippen molar-refractivity contribution >= 4 is 86.3 Å². The van der Waals surface area contributed by atoms with Crippen LogP contribution in [0.4, 0.5) is 5.69 Å². The highest BCUT2D eigenvalue weighted by atomic mass is 127. The van der Waals surface area contributed by atoms with Crippen molar-refractivity contribution in [3.63, 3.8) is 0 Å². The van der Waals surface area contributed by atoms with E-state index in [4.69, 9.17) is 47.0 Å². The van der Waals surface area contributed by atoms with E-state index in [1.165, 1.54) is 0 Å². The van der Waals surface area contributed by atoms with E-state index in [0.717, 1.165) is 20.4 Å². The summed E-state index contributed by atoms with van der Waals surface area (Å²) in [7, 11) is 0. The van der Waals surface area contributed by atoms with Crippen LogP contribution in [0, 0.1) is 3.57 Å². The van der Waals surface area contributed by atoms with Crippen LogP contribution in [0.3, 0.4) is 0 Å². The van der Waals surface area contributed by atoms with Crippen LogP contribution in [-0.2, 0) is 4.79 Å². The van der Waals surface area contributed by atoms with Gasteiger partial charge in [-0.2, -0.15) is 0 Å². The molecule has 3 aromatic carbocycles. The molecule has 1 atom stereocenters. The second kappa shape index (κ2) is 11.5. The van der Waals surface area contributed by atoms with Crippen LogP contribution < -0.4 is 16.0 Å². The maximum Gasteiger partial charge on any atom is 0.233 e. The summed E-state index contributed by atoms with van der Waals surface area (Å²) < 4.78 is -0.889. The summed E-state index contributed by atoms with van der Waals surface area (Å²) in [5, 5.41) is 8.99. The number of carbonyl (C=O) groups is 1. The van der Waals surface area contributed by atoms with Crippen molar-refractivity contribution in [2.45, 2.75) is 15.9 Å². The highest BCUT2D eigenvalue weighted by molar-refractivity contribution is 14.1. The van der Waals surface area contributed by atoms with E-state index in [2.05, 4.69) is 38.5 Å². The van der Waals surface area contributed by atoms with Crippen molar-refractivity contribution in [3.8, 4) is 0 Å². The van der Waals surface area contributed by atoms with Crippen molar-refractivity contribution in [1.29, 1.82) is 0 Å². The molecule has 0 unspecified atom stereocenters. The lowest BCUT2D eigenvalue weighted by Gasteiger charge is -2.30. The van der Waals surface area contributed by atoms with E-state index >= 15 is 0 Å². The van der Waals surface area contributed by atoms with E-state index in [1.807, 2.05) is 84.9 Å². The molecule has 4 nitrogen and oxygen atoms in total. The van der Waals surface area contributed by atoms with Crippen LogP contribution in [-0.4, -0.2) is 21.0 Å². The van der Waals surface area contributed by atoms with E-state index < -0.39 is 15.9 Å². The minimum absolute atomic E-state index is 0.210. The zero-order chi connectivity index (χ0) is 23.1. The molecule has 3 aromatic rings. The van der Waals surface area contributed by atoms with Gasteiger partial charge in [0.05, 0.1) is 11.6 Å². The number of amides is 1. The monoisotopic (exact) mass is 617 g/mol. The molecule has 32 heavy (non-hydrogen) atoms. The van der Waals surface area contributed by atoms with E-state index in [1.54, 1.807) is 0 Å². The van der Waals surface area contributed by atoms with Crippen LogP contribution in [0.1, 0.15) is 17.0 Å². The first kappa shape index (κ1) is 25.1. The maximum absolute atomic E-state index is 13.4. The Hall–Kier alpha value is -1.58. The minimum Gasteiger partial charge on any atom is -0.339 e. The number of hydrogen-bond acceptors (Lipinski definition) is 2. The number of halogens is 4. The van der Waals surface area contributed by atoms with Crippen molar-refractivity contribution in [1.82, 2.24) is 10.6 Å². The number of carbonyl (C=O) groups excluding carboxylic acids is 1. The number of alkyl halides is 3. The number of thiocarbonyl (C=S) groups is 1. The van der Waals surface area contributed by atoms with Gasteiger partial charge >= 0.3 is 0 Å². The van der Waals surface area contributed by atoms with Crippen LogP contribution in [0.2, 0.25) is 0 Å². The largest absolute Gasteiger partial charge is 0.339 e. The number of nitrogens with one attached hydrogen (secondary N) is 3. The molecule has 0 bridgehead atoms. The molecule has 1 amide bonds. The van der Waals surface area contributed by atoms with Crippen LogP contribution in [0.25, 0.3) is 0 Å². The first-order valence-electron chi connectivity index (χ1n) is 9.54. The molecule has 0 spiro atoms. The van der Waals surface area contributed by atoms with Gasteiger partial charge in [0.1, 0.15) is 6.17 Å². The fourth-order valence-corrected chi connectivity index (χ4v) is 4.14. The minimum atomic E-state index is -1.86. The summed E-state index contributed by atoms with van der Waals surface area (Å²) in [4.78, 5) is 13.4. The molecular weight excluding hydrogens is 600 g/mol. The quantitative estimate of drug-likeness (QED) is 0.133. The predicted octanol–water partition coefficient (Wildman–Crippen LogP) is 6.22. The molecule has 0 radical (unpaired) electrons. The van der Waals surface area contributed by atoms with Crippen LogP contribution >= 0.6 is 69.6 Å². The van der Waals surface area contributed by atoms with E-state index in [9.17, 15) is 4.79 Å². The SMILES string of the molecule is O=C(N[C@@H](NC(=S)Nc1ccccc1I)C(Cl)(Cl)Cl)C(c1ccccc1)c1ccccc1. The standard InChI is InChI=1S/C23H19Cl3IN3OS/c24-23(25,26)21(30-22(32)28-18-14-8-7-13-17(18)27)29-20(31)19(15-9-3-1-4-10-15)16-11-5-2-6-12-16/h1-14,19,21H,(H,29,31)(H2,28,30,32)/t21-/m0/s1. The van der Waals surface area contributed by atoms with Crippen LogP contribution in [0.15, 0.2) is 84.9 Å². The molecule has 0 aromatic heterocycles. The van der Waals surface area contributed by atoms with E-state index in [0.29, 0.717) is 0 Å². The number of benzene rings is 3. The molecule has 0 saturated carbocycles. The summed E-state index contributed by atoms with van der Waals surface area (Å²) in [6.45, 7) is 0. The average Bonchev–Trinajstić information content (AvgIpc) is 2.76. The highest BCUT2D eigenvalue weighted by Crippen LogP contribution is 2.31. The third kappa shape index (κ3) is 6.96. The van der Waals surface area contributed by atoms with Gasteiger partial charge in [-0.25, -0.2) is 0 Å². The lowest BCUT2D eigenvalue weighted by atomic mass is 9.90. The normalized spacial score (nSPS) is 12.2. The third-order valence-electron chi connectivity index (χ3n) is 4.54. The van der Waals surface area contributed by atoms with Crippen molar-refractivity contribution in [2.24, 2.45) is 0 Å². The Bertz CT molecular complexity index is 1030. The number of para-hydroxylation sites is 1. The maximum atomic E-state index is 13.4. The van der Waals surface area contributed by atoms with Crippen LogP contribution in [0.5, 0.6) is 0 Å². The second-order valence-electron chi connectivity index (χ2n) is 6.82. The van der Waals surface area contributed by atoms with Gasteiger partial charge in [-0.15, -0.1) is 0 Å². The summed E-state index contributed by atoms with van der Waals surface area (Å²) in [5.41, 5.74) is 2.43. The van der Waals surface area contributed by atoms with Gasteiger partial charge in [-0.3, -0.25) is 4.79 Å². The lowest BCUT2D eigenvalue weighted by molar-refractivity contribution is -0.122. The molecule has 0 aliphatic rings. The van der Waals surface area contributed by atoms with Gasteiger partial charge < -0.3 is 16.0 Å². The number of anilines is 1. The average molecular weight is 619 g/mol. The molecule has 0 saturated heterocycles. The van der Waals surface area contributed by atoms with Gasteiger partial charge in [0, 0.05) is 3.57 Å².